The molecular formula is C56H40N2. The molecule has 0 unspecified atom stereocenters. The molecule has 0 fully saturated rings. The number of hydrogen-bond donors (Lipinski definition) is 0. The van der Waals surface area contributed by atoms with E-state index in [1.54, 1.807) is 0 Å². The van der Waals surface area contributed by atoms with Crippen LogP contribution < -0.4 is 0 Å². The van der Waals surface area contributed by atoms with Crippen molar-refractivity contribution in [2.75, 3.05) is 0 Å². The van der Waals surface area contributed by atoms with Gasteiger partial charge in [0.05, 0.1) is 22.2 Å². The number of nitrogens with zero attached hydrogens (tertiary/aromatic N) is 2. The van der Waals surface area contributed by atoms with Crippen molar-refractivity contribution in [3.63, 3.8) is 0 Å². The van der Waals surface area contributed by atoms with Crippen LogP contribution in [0.15, 0.2) is 243 Å². The second kappa shape index (κ2) is 14.9. The Balaban J connectivity index is 1.23. The number of hydrogen-bond acceptors (Lipinski definition) is 2. The quantitative estimate of drug-likeness (QED) is 0.138. The summed E-state index contributed by atoms with van der Waals surface area (Å²) in [6.07, 6.45) is 2.56. The van der Waals surface area contributed by atoms with Crippen LogP contribution in [0.1, 0.15) is 38.9 Å². The molecule has 1 heterocycles. The molecule has 58 heavy (non-hydrogen) atoms. The van der Waals surface area contributed by atoms with Crippen molar-refractivity contribution in [3.8, 4) is 33.9 Å². The summed E-state index contributed by atoms with van der Waals surface area (Å²) >= 11 is 0. The Morgan fingerprint density at radius 2 is 0.741 bits per heavy atom. The first-order valence-corrected chi connectivity index (χ1v) is 19.9. The highest BCUT2D eigenvalue weighted by Gasteiger charge is 2.49. The van der Waals surface area contributed by atoms with Crippen molar-refractivity contribution in [1.29, 1.82) is 0 Å². The van der Waals surface area contributed by atoms with E-state index in [-0.39, 0.29) is 0 Å². The van der Waals surface area contributed by atoms with E-state index in [4.69, 9.17) is 9.97 Å². The Morgan fingerprint density at radius 3 is 1.22 bits per heavy atom. The molecule has 1 aliphatic carbocycles. The fraction of sp³-hybridized carbons (Fsp3) is 0.0357. The Hall–Kier alpha value is -7.42. The van der Waals surface area contributed by atoms with E-state index >= 15 is 0 Å². The van der Waals surface area contributed by atoms with Gasteiger partial charge in [-0.15, -0.1) is 0 Å². The van der Waals surface area contributed by atoms with E-state index in [0.717, 1.165) is 33.6 Å². The van der Waals surface area contributed by atoms with Gasteiger partial charge in [0, 0.05) is 16.7 Å². The first-order chi connectivity index (χ1) is 28.7. The van der Waals surface area contributed by atoms with E-state index < -0.39 is 10.8 Å². The third-order valence-corrected chi connectivity index (χ3v) is 11.7. The lowest BCUT2D eigenvalue weighted by atomic mass is 9.63. The first-order valence-electron chi connectivity index (χ1n) is 19.9. The molecule has 0 N–H and O–H groups in total. The van der Waals surface area contributed by atoms with Crippen LogP contribution in [0.3, 0.4) is 0 Å². The lowest BCUT2D eigenvalue weighted by Gasteiger charge is -2.38. The van der Waals surface area contributed by atoms with Crippen LogP contribution in [0.25, 0.3) is 39.5 Å². The first kappa shape index (κ1) is 35.0. The van der Waals surface area contributed by atoms with Crippen molar-refractivity contribution in [2.24, 2.45) is 0 Å². The number of allylic oxidation sites excluding steroid dienone is 2. The summed E-state index contributed by atoms with van der Waals surface area (Å²) in [5.74, 6) is 0.689. The van der Waals surface area contributed by atoms with Crippen LogP contribution in [-0.4, -0.2) is 9.97 Å². The molecule has 1 aromatic heterocycles. The second-order valence-corrected chi connectivity index (χ2v) is 14.9. The molecule has 0 saturated heterocycles. The molecular weight excluding hydrogens is 701 g/mol. The number of rotatable bonds is 9. The molecule has 0 bridgehead atoms. The molecule has 8 aromatic carbocycles. The van der Waals surface area contributed by atoms with Crippen LogP contribution in [0.2, 0.25) is 0 Å². The minimum Gasteiger partial charge on any atom is -0.228 e. The van der Waals surface area contributed by atoms with Crippen molar-refractivity contribution in [1.82, 2.24) is 9.97 Å². The highest BCUT2D eigenvalue weighted by molar-refractivity contribution is 5.92. The van der Waals surface area contributed by atoms with E-state index in [1.807, 2.05) is 12.1 Å². The fourth-order valence-electron chi connectivity index (χ4n) is 9.09. The molecule has 2 nitrogen and oxygen atoms in total. The number of aromatic nitrogens is 2. The van der Waals surface area contributed by atoms with Crippen molar-refractivity contribution < 1.29 is 0 Å². The van der Waals surface area contributed by atoms with Gasteiger partial charge in [-0.1, -0.05) is 237 Å². The van der Waals surface area contributed by atoms with E-state index in [2.05, 4.69) is 231 Å². The summed E-state index contributed by atoms with van der Waals surface area (Å²) < 4.78 is 0. The smallest absolute Gasteiger partial charge is 0.160 e. The van der Waals surface area contributed by atoms with Crippen molar-refractivity contribution in [2.45, 2.75) is 10.8 Å². The average molecular weight is 741 g/mol. The topological polar surface area (TPSA) is 25.8 Å². The number of fused-ring (bicyclic) bond motifs is 1. The van der Waals surface area contributed by atoms with Crippen LogP contribution in [0, 0.1) is 0 Å². The van der Waals surface area contributed by atoms with Crippen LogP contribution in [0.4, 0.5) is 0 Å². The van der Waals surface area contributed by atoms with Crippen LogP contribution in [-0.2, 0) is 10.8 Å². The van der Waals surface area contributed by atoms with Gasteiger partial charge in [0.1, 0.15) is 0 Å². The maximum absolute atomic E-state index is 5.18. The monoisotopic (exact) mass is 740 g/mol. The number of benzene rings is 8. The molecule has 10 rings (SSSR count). The summed E-state index contributed by atoms with van der Waals surface area (Å²) in [7, 11) is 0. The Morgan fingerprint density at radius 1 is 0.345 bits per heavy atom. The summed E-state index contributed by atoms with van der Waals surface area (Å²) in [5.41, 5.74) is 13.4. The Labute approximate surface area is 340 Å². The molecule has 274 valence electrons. The molecule has 0 amide bonds. The summed E-state index contributed by atoms with van der Waals surface area (Å²) in [6.45, 7) is 0. The minimum absolute atomic E-state index is 0.525. The van der Waals surface area contributed by atoms with Crippen molar-refractivity contribution in [3.05, 3.63) is 282 Å². The van der Waals surface area contributed by atoms with Gasteiger partial charge in [-0.05, 0) is 50.6 Å². The third-order valence-electron chi connectivity index (χ3n) is 11.7. The zero-order chi connectivity index (χ0) is 38.8. The lowest BCUT2D eigenvalue weighted by Crippen LogP contribution is -2.31. The summed E-state index contributed by atoms with van der Waals surface area (Å²) in [6, 6.07) is 84.8. The van der Waals surface area contributed by atoms with Gasteiger partial charge in [0.25, 0.3) is 0 Å². The zero-order valence-electron chi connectivity index (χ0n) is 32.0. The molecule has 0 spiro atoms. The standard InChI is InChI=1S/C56H40N2/c1-7-21-41(22-8-1)52-39-53(42-23-9-2-10-24-42)58-54(57-52)43-35-37-48(38-36-43)56(46-29-15-5-16-30-46,47-31-17-6-18-32-47)51-40-55(44-25-11-3-12-26-44,45-27-13-4-14-28-45)50-34-20-19-33-49(50)51/h1-40H. The van der Waals surface area contributed by atoms with Gasteiger partial charge in [-0.2, -0.15) is 0 Å². The van der Waals surface area contributed by atoms with E-state index in [0.29, 0.717) is 5.82 Å². The van der Waals surface area contributed by atoms with E-state index in [9.17, 15) is 0 Å². The largest absolute Gasteiger partial charge is 0.228 e. The maximum atomic E-state index is 5.18. The average Bonchev–Trinajstić information content (AvgIpc) is 3.67. The molecule has 9 aromatic rings. The van der Waals surface area contributed by atoms with Gasteiger partial charge < -0.3 is 0 Å². The summed E-state index contributed by atoms with van der Waals surface area (Å²) in [4.78, 5) is 10.4. The van der Waals surface area contributed by atoms with Gasteiger partial charge in [-0.25, -0.2) is 9.97 Å². The SMILES string of the molecule is C1=C(C(c2ccccc2)(c2ccccc2)c2ccc(-c3nc(-c4ccccc4)cc(-c4ccccc4)n3)cc2)c2ccccc2C1(c1ccccc1)c1ccccc1. The molecule has 2 heteroatoms. The third kappa shape index (κ3) is 5.90. The van der Waals surface area contributed by atoms with Crippen molar-refractivity contribution >= 4 is 5.57 Å². The molecule has 0 atom stereocenters. The Bertz CT molecular complexity index is 2700. The maximum Gasteiger partial charge on any atom is 0.160 e. The fourth-order valence-corrected chi connectivity index (χ4v) is 9.09. The molecule has 1 aliphatic rings. The van der Waals surface area contributed by atoms with Crippen LogP contribution >= 0.6 is 0 Å². The normalized spacial score (nSPS) is 13.1. The van der Waals surface area contributed by atoms with E-state index in [1.165, 1.54) is 39.0 Å². The Kier molecular flexibility index (Phi) is 9.01. The molecule has 0 radical (unpaired) electrons. The minimum atomic E-state index is -0.690. The van der Waals surface area contributed by atoms with Gasteiger partial charge in [0.2, 0.25) is 0 Å². The van der Waals surface area contributed by atoms with Gasteiger partial charge >= 0.3 is 0 Å². The van der Waals surface area contributed by atoms with Crippen LogP contribution in [0.5, 0.6) is 0 Å². The molecule has 0 saturated carbocycles. The highest BCUT2D eigenvalue weighted by Crippen LogP contribution is 2.58. The predicted molar refractivity (Wildman–Crippen MR) is 238 cm³/mol. The second-order valence-electron chi connectivity index (χ2n) is 14.9. The highest BCUT2D eigenvalue weighted by atomic mass is 14.9. The zero-order valence-corrected chi connectivity index (χ0v) is 32.0. The lowest BCUT2D eigenvalue weighted by molar-refractivity contribution is 0.781. The predicted octanol–water partition coefficient (Wildman–Crippen LogP) is 13.2. The van der Waals surface area contributed by atoms with Gasteiger partial charge in [0.15, 0.2) is 5.82 Å². The van der Waals surface area contributed by atoms with Gasteiger partial charge in [-0.3, -0.25) is 0 Å². The summed E-state index contributed by atoms with van der Waals surface area (Å²) in [5, 5.41) is 0. The molecule has 0 aliphatic heterocycles.